The van der Waals surface area contributed by atoms with Gasteiger partial charge >= 0.3 is 6.09 Å². The molecule has 3 N–H and O–H groups in total. The largest absolute Gasteiger partial charge is 0.444 e. The Balaban J connectivity index is 2.66. The van der Waals surface area contributed by atoms with Crippen molar-refractivity contribution in [2.24, 2.45) is 4.99 Å². The summed E-state index contributed by atoms with van der Waals surface area (Å²) in [6.45, 7) is 12.8. The highest BCUT2D eigenvalue weighted by Crippen LogP contribution is 2.16. The first-order chi connectivity index (χ1) is 12.6. The molecule has 152 valence electrons. The van der Waals surface area contributed by atoms with Gasteiger partial charge in [0.15, 0.2) is 5.96 Å². The molecule has 1 aromatic heterocycles. The summed E-state index contributed by atoms with van der Waals surface area (Å²) in [5.74, 6) is 0.663. The summed E-state index contributed by atoms with van der Waals surface area (Å²) in [4.78, 5) is 21.0. The Kier molecular flexibility index (Phi) is 8.53. The molecule has 0 radical (unpaired) electrons. The van der Waals surface area contributed by atoms with Crippen molar-refractivity contribution in [2.45, 2.75) is 72.1 Å². The number of carbonyl (C=O) groups excluding carboxylic acids is 1. The van der Waals surface area contributed by atoms with Gasteiger partial charge in [0.1, 0.15) is 5.60 Å². The molecule has 0 aliphatic heterocycles. The monoisotopic (exact) mass is 377 g/mol. The van der Waals surface area contributed by atoms with Gasteiger partial charge in [-0.1, -0.05) is 19.9 Å². The molecular weight excluding hydrogens is 342 g/mol. The van der Waals surface area contributed by atoms with Crippen LogP contribution in [-0.2, 0) is 11.3 Å². The van der Waals surface area contributed by atoms with Gasteiger partial charge in [0, 0.05) is 19.3 Å². The van der Waals surface area contributed by atoms with Gasteiger partial charge in [0.25, 0.3) is 0 Å². The number of rotatable bonds is 7. The summed E-state index contributed by atoms with van der Waals surface area (Å²) < 4.78 is 5.41. The lowest BCUT2D eigenvalue weighted by atomic mass is 9.93. The molecule has 0 spiro atoms. The second kappa shape index (κ2) is 10.1. The predicted octanol–water partition coefficient (Wildman–Crippen LogP) is 3.14. The molecular formula is C20H35N5O2. The zero-order valence-electron chi connectivity index (χ0n) is 17.8. The van der Waals surface area contributed by atoms with Crippen molar-refractivity contribution in [1.29, 1.82) is 0 Å². The maximum atomic E-state index is 12.2. The van der Waals surface area contributed by atoms with Gasteiger partial charge in [0.05, 0.1) is 17.8 Å². The lowest BCUT2D eigenvalue weighted by Gasteiger charge is -2.34. The van der Waals surface area contributed by atoms with Crippen LogP contribution in [0, 0.1) is 6.92 Å². The zero-order chi connectivity index (χ0) is 20.5. The van der Waals surface area contributed by atoms with E-state index in [1.165, 1.54) is 0 Å². The van der Waals surface area contributed by atoms with Crippen LogP contribution >= 0.6 is 0 Å². The second-order valence-corrected chi connectivity index (χ2v) is 7.66. The summed E-state index contributed by atoms with van der Waals surface area (Å²) in [5, 5.41) is 9.59. The number of amides is 1. The summed E-state index contributed by atoms with van der Waals surface area (Å²) in [7, 11) is 1.72. The number of aromatic nitrogens is 1. The van der Waals surface area contributed by atoms with Crippen molar-refractivity contribution in [2.75, 3.05) is 13.6 Å². The highest BCUT2D eigenvalue weighted by atomic mass is 16.6. The minimum atomic E-state index is -0.525. The quantitative estimate of drug-likeness (QED) is 0.502. The van der Waals surface area contributed by atoms with Gasteiger partial charge in [-0.3, -0.25) is 9.98 Å². The van der Waals surface area contributed by atoms with E-state index in [0.29, 0.717) is 19.0 Å². The molecule has 7 nitrogen and oxygen atoms in total. The lowest BCUT2D eigenvalue weighted by Crippen LogP contribution is -2.57. The first-order valence-corrected chi connectivity index (χ1v) is 9.51. The Hall–Kier alpha value is -2.31. The maximum absolute atomic E-state index is 12.2. The van der Waals surface area contributed by atoms with Crippen molar-refractivity contribution >= 4 is 12.1 Å². The van der Waals surface area contributed by atoms with E-state index in [2.05, 4.69) is 39.8 Å². The van der Waals surface area contributed by atoms with Crippen LogP contribution in [0.15, 0.2) is 23.2 Å². The maximum Gasteiger partial charge on any atom is 0.408 e. The predicted molar refractivity (Wildman–Crippen MR) is 110 cm³/mol. The molecule has 0 fully saturated rings. The summed E-state index contributed by atoms with van der Waals surface area (Å²) >= 11 is 0. The number of carbonyl (C=O) groups is 1. The third kappa shape index (κ3) is 8.28. The third-order valence-electron chi connectivity index (χ3n) is 4.32. The number of hydrogen-bond donors (Lipinski definition) is 3. The number of alkyl carbamates (subject to hydrolysis) is 1. The van der Waals surface area contributed by atoms with Gasteiger partial charge in [-0.05, 0) is 52.7 Å². The molecule has 0 unspecified atom stereocenters. The topological polar surface area (TPSA) is 87.6 Å². The van der Waals surface area contributed by atoms with Crippen molar-refractivity contribution in [3.8, 4) is 0 Å². The average molecular weight is 378 g/mol. The normalized spacial score (nSPS) is 12.5. The average Bonchev–Trinajstić information content (AvgIpc) is 2.59. The molecule has 27 heavy (non-hydrogen) atoms. The molecule has 0 aliphatic carbocycles. The number of hydrogen-bond acceptors (Lipinski definition) is 4. The number of nitrogens with zero attached hydrogens (tertiary/aromatic N) is 2. The van der Waals surface area contributed by atoms with Gasteiger partial charge in [0.2, 0.25) is 0 Å². The lowest BCUT2D eigenvalue weighted by molar-refractivity contribution is 0.0448. The fourth-order valence-electron chi connectivity index (χ4n) is 2.59. The Morgan fingerprint density at radius 2 is 1.85 bits per heavy atom. The fourth-order valence-corrected chi connectivity index (χ4v) is 2.59. The van der Waals surface area contributed by atoms with Crippen LogP contribution in [0.4, 0.5) is 4.79 Å². The second-order valence-electron chi connectivity index (χ2n) is 7.66. The van der Waals surface area contributed by atoms with Crippen LogP contribution < -0.4 is 16.0 Å². The summed E-state index contributed by atoms with van der Waals surface area (Å²) in [6.07, 6.45) is 1.14. The van der Waals surface area contributed by atoms with Crippen LogP contribution in [0.25, 0.3) is 0 Å². The highest BCUT2D eigenvalue weighted by Gasteiger charge is 2.30. The number of aryl methyl sites for hydroxylation is 1. The Labute approximate surface area is 163 Å². The van der Waals surface area contributed by atoms with Crippen molar-refractivity contribution in [3.63, 3.8) is 0 Å². The van der Waals surface area contributed by atoms with Gasteiger partial charge in [-0.2, -0.15) is 0 Å². The smallest absolute Gasteiger partial charge is 0.408 e. The summed E-state index contributed by atoms with van der Waals surface area (Å²) in [6, 6.07) is 5.93. The molecule has 0 aliphatic rings. The van der Waals surface area contributed by atoms with Crippen molar-refractivity contribution in [1.82, 2.24) is 20.9 Å². The molecule has 0 atom stereocenters. The van der Waals surface area contributed by atoms with Crippen LogP contribution in [0.1, 0.15) is 58.8 Å². The molecule has 1 rings (SSSR count). The van der Waals surface area contributed by atoms with E-state index in [0.717, 1.165) is 24.2 Å². The van der Waals surface area contributed by atoms with E-state index >= 15 is 0 Å². The van der Waals surface area contributed by atoms with Crippen molar-refractivity contribution < 1.29 is 9.53 Å². The van der Waals surface area contributed by atoms with Gasteiger partial charge < -0.3 is 20.7 Å². The standard InChI is InChI=1S/C20H35N5O2/c1-8-20(9-2,25-18(26)27-19(4,5)6)14-23-17(21-7)22-13-16-12-10-11-15(3)24-16/h10-12H,8-9,13-14H2,1-7H3,(H,25,26)(H2,21,22,23). The minimum absolute atomic E-state index is 0.403. The first kappa shape index (κ1) is 22.7. The molecule has 1 aromatic rings. The fraction of sp³-hybridized carbons (Fsp3) is 0.650. The van der Waals surface area contributed by atoms with E-state index in [1.54, 1.807) is 7.05 Å². The molecule has 0 saturated carbocycles. The zero-order valence-corrected chi connectivity index (χ0v) is 17.8. The number of nitrogens with one attached hydrogen (secondary N) is 3. The summed E-state index contributed by atoms with van der Waals surface area (Å²) in [5.41, 5.74) is 0.988. The van der Waals surface area contributed by atoms with Gasteiger partial charge in [-0.25, -0.2) is 4.79 Å². The number of guanidine groups is 1. The van der Waals surface area contributed by atoms with E-state index < -0.39 is 17.2 Å². The van der Waals surface area contributed by atoms with Crippen LogP contribution in [0.5, 0.6) is 0 Å². The van der Waals surface area contributed by atoms with E-state index in [-0.39, 0.29) is 0 Å². The molecule has 7 heteroatoms. The molecule has 0 saturated heterocycles. The Morgan fingerprint density at radius 3 is 2.37 bits per heavy atom. The Bertz CT molecular complexity index is 634. The molecule has 0 bridgehead atoms. The molecule has 0 aromatic carbocycles. The number of aliphatic imine (C=N–C) groups is 1. The SMILES string of the molecule is CCC(CC)(CNC(=NC)NCc1cccc(C)n1)NC(=O)OC(C)(C)C. The van der Waals surface area contributed by atoms with Crippen LogP contribution in [0.3, 0.4) is 0 Å². The minimum Gasteiger partial charge on any atom is -0.444 e. The van der Waals surface area contributed by atoms with E-state index in [9.17, 15) is 4.79 Å². The van der Waals surface area contributed by atoms with E-state index in [1.807, 2.05) is 45.9 Å². The van der Waals surface area contributed by atoms with Crippen molar-refractivity contribution in [3.05, 3.63) is 29.6 Å². The number of ether oxygens (including phenoxy) is 1. The van der Waals surface area contributed by atoms with Crippen LogP contribution in [-0.4, -0.2) is 41.8 Å². The molecule has 1 amide bonds. The van der Waals surface area contributed by atoms with Crippen LogP contribution in [0.2, 0.25) is 0 Å². The Morgan fingerprint density at radius 1 is 1.19 bits per heavy atom. The highest BCUT2D eigenvalue weighted by molar-refractivity contribution is 5.79. The van der Waals surface area contributed by atoms with Gasteiger partial charge in [-0.15, -0.1) is 0 Å². The third-order valence-corrected chi connectivity index (χ3v) is 4.32. The van der Waals surface area contributed by atoms with E-state index in [4.69, 9.17) is 4.74 Å². The molecule has 1 heterocycles. The first-order valence-electron chi connectivity index (χ1n) is 9.51. The number of pyridine rings is 1.